The molecule has 2 aromatic heterocycles. The average molecular weight is 345 g/mol. The van der Waals surface area contributed by atoms with Crippen molar-refractivity contribution in [2.24, 2.45) is 0 Å². The van der Waals surface area contributed by atoms with E-state index in [2.05, 4.69) is 9.97 Å². The number of halogens is 1. The van der Waals surface area contributed by atoms with Crippen molar-refractivity contribution in [2.45, 2.75) is 26.7 Å². The van der Waals surface area contributed by atoms with Crippen LogP contribution in [-0.4, -0.2) is 19.6 Å². The van der Waals surface area contributed by atoms with E-state index < -0.39 is 33.8 Å². The van der Waals surface area contributed by atoms with Gasteiger partial charge in [0.25, 0.3) is 11.1 Å². The highest BCUT2D eigenvalue weighted by atomic mass is 19.1. The Hall–Kier alpha value is -3.16. The van der Waals surface area contributed by atoms with E-state index in [0.717, 1.165) is 10.1 Å². The van der Waals surface area contributed by atoms with Crippen molar-refractivity contribution in [3.8, 4) is 11.4 Å². The Kier molecular flexibility index (Phi) is 3.82. The Balaban J connectivity index is 2.63. The van der Waals surface area contributed by atoms with E-state index in [4.69, 9.17) is 0 Å². The van der Waals surface area contributed by atoms with E-state index in [9.17, 15) is 23.9 Å². The molecule has 1 aromatic carbocycles. The van der Waals surface area contributed by atoms with Crippen molar-refractivity contribution in [1.82, 2.24) is 14.5 Å². The average Bonchev–Trinajstić information content (AvgIpc) is 2.53. The van der Waals surface area contributed by atoms with Crippen molar-refractivity contribution < 1.29 is 9.50 Å². The van der Waals surface area contributed by atoms with E-state index in [-0.39, 0.29) is 11.6 Å². The quantitative estimate of drug-likeness (QED) is 0.656. The van der Waals surface area contributed by atoms with Gasteiger partial charge >= 0.3 is 5.69 Å². The van der Waals surface area contributed by atoms with Gasteiger partial charge in [-0.1, -0.05) is 32.0 Å². The number of aryl methyl sites for hydroxylation is 1. The Bertz CT molecular complexity index is 1170. The van der Waals surface area contributed by atoms with Crippen LogP contribution < -0.4 is 16.8 Å². The molecule has 0 atom stereocenters. The number of nitrogens with one attached hydrogen (secondary N) is 2. The minimum atomic E-state index is -1.47. The lowest BCUT2D eigenvalue weighted by atomic mass is 9.98. The number of rotatable bonds is 2. The van der Waals surface area contributed by atoms with Crippen molar-refractivity contribution in [3.63, 3.8) is 0 Å². The van der Waals surface area contributed by atoms with Gasteiger partial charge in [0.1, 0.15) is 11.0 Å². The lowest BCUT2D eigenvalue weighted by molar-refractivity contribution is 0.432. The number of hydrogen-bond acceptors (Lipinski definition) is 4. The summed E-state index contributed by atoms with van der Waals surface area (Å²) in [5.74, 6) is -2.53. The molecule has 0 bridgehead atoms. The van der Waals surface area contributed by atoms with Gasteiger partial charge in [0.05, 0.1) is 5.69 Å². The molecule has 0 aliphatic rings. The summed E-state index contributed by atoms with van der Waals surface area (Å²) in [6, 6.07) is 5.41. The molecule has 0 spiro atoms. The van der Waals surface area contributed by atoms with Gasteiger partial charge < -0.3 is 10.1 Å². The number of para-hydroxylation sites is 1. The molecule has 0 radical (unpaired) electrons. The Morgan fingerprint density at radius 3 is 2.44 bits per heavy atom. The maximum Gasteiger partial charge on any atom is 0.334 e. The second-order valence-electron chi connectivity index (χ2n) is 6.10. The van der Waals surface area contributed by atoms with Crippen LogP contribution in [0.5, 0.6) is 5.75 Å². The van der Waals surface area contributed by atoms with Gasteiger partial charge in [-0.2, -0.15) is 4.39 Å². The van der Waals surface area contributed by atoms with E-state index in [1.54, 1.807) is 13.0 Å². The Morgan fingerprint density at radius 2 is 1.80 bits per heavy atom. The number of hydrogen-bond donors (Lipinski definition) is 3. The molecule has 0 unspecified atom stereocenters. The van der Waals surface area contributed by atoms with Crippen LogP contribution in [-0.2, 0) is 0 Å². The molecule has 3 N–H and O–H groups in total. The first kappa shape index (κ1) is 16.7. The monoisotopic (exact) mass is 345 g/mol. The van der Waals surface area contributed by atoms with Crippen LogP contribution in [0.3, 0.4) is 0 Å². The van der Waals surface area contributed by atoms with Gasteiger partial charge in [-0.3, -0.25) is 14.6 Å². The fraction of sp³-hybridized carbons (Fsp3) is 0.235. The third-order valence-corrected chi connectivity index (χ3v) is 4.10. The molecule has 0 aliphatic heterocycles. The van der Waals surface area contributed by atoms with Crippen LogP contribution in [0.4, 0.5) is 4.39 Å². The number of pyridine rings is 1. The van der Waals surface area contributed by atoms with Crippen molar-refractivity contribution in [1.29, 1.82) is 0 Å². The van der Waals surface area contributed by atoms with E-state index in [1.807, 2.05) is 26.0 Å². The van der Waals surface area contributed by atoms with Crippen LogP contribution in [0, 0.1) is 12.7 Å². The predicted octanol–water partition coefficient (Wildman–Crippen LogP) is 1.64. The summed E-state index contributed by atoms with van der Waals surface area (Å²) in [5, 5.41) is 9.41. The molecule has 0 saturated carbocycles. The fourth-order valence-electron chi connectivity index (χ4n) is 2.92. The Morgan fingerprint density at radius 1 is 1.12 bits per heavy atom. The molecule has 2 heterocycles. The van der Waals surface area contributed by atoms with Gasteiger partial charge in [0, 0.05) is 0 Å². The van der Waals surface area contributed by atoms with Crippen molar-refractivity contribution in [3.05, 3.63) is 66.3 Å². The van der Waals surface area contributed by atoms with Crippen LogP contribution >= 0.6 is 0 Å². The summed E-state index contributed by atoms with van der Waals surface area (Å²) >= 11 is 0. The van der Waals surface area contributed by atoms with Crippen LogP contribution in [0.25, 0.3) is 16.7 Å². The molecule has 0 amide bonds. The first-order valence-electron chi connectivity index (χ1n) is 7.63. The van der Waals surface area contributed by atoms with Gasteiger partial charge in [0.2, 0.25) is 5.82 Å². The van der Waals surface area contributed by atoms with Crippen LogP contribution in [0.2, 0.25) is 0 Å². The molecule has 3 aromatic rings. The molecule has 8 heteroatoms. The molecule has 0 fully saturated rings. The van der Waals surface area contributed by atoms with Gasteiger partial charge in [-0.05, 0) is 24.0 Å². The number of benzene rings is 1. The summed E-state index contributed by atoms with van der Waals surface area (Å²) in [7, 11) is 0. The second kappa shape index (κ2) is 5.73. The largest absolute Gasteiger partial charge is 0.504 e. The summed E-state index contributed by atoms with van der Waals surface area (Å²) < 4.78 is 14.8. The van der Waals surface area contributed by atoms with Crippen LogP contribution in [0.15, 0.2) is 32.6 Å². The molecule has 0 aliphatic carbocycles. The minimum absolute atomic E-state index is 0.0320. The topological polar surface area (TPSA) is 108 Å². The van der Waals surface area contributed by atoms with E-state index >= 15 is 0 Å². The van der Waals surface area contributed by atoms with Crippen molar-refractivity contribution in [2.75, 3.05) is 0 Å². The highest BCUT2D eigenvalue weighted by molar-refractivity contribution is 5.82. The normalized spacial score (nSPS) is 11.4. The molecule has 130 valence electrons. The number of aromatic amines is 2. The zero-order valence-electron chi connectivity index (χ0n) is 13.8. The SMILES string of the molecule is Cc1cccc(C(C)C)c1-n1c(=O)[nH]c(=O)c2c(O)c(F)c(=O)[nH]c21. The minimum Gasteiger partial charge on any atom is -0.504 e. The zero-order chi connectivity index (χ0) is 18.5. The lowest BCUT2D eigenvalue weighted by Gasteiger charge is -2.18. The second-order valence-corrected chi connectivity index (χ2v) is 6.10. The van der Waals surface area contributed by atoms with Gasteiger partial charge in [-0.25, -0.2) is 9.36 Å². The van der Waals surface area contributed by atoms with E-state index in [1.165, 1.54) is 0 Å². The Labute approximate surface area is 140 Å². The lowest BCUT2D eigenvalue weighted by Crippen LogP contribution is -2.32. The molecular weight excluding hydrogens is 329 g/mol. The predicted molar refractivity (Wildman–Crippen MR) is 91.2 cm³/mol. The summed E-state index contributed by atoms with van der Waals surface area (Å²) in [6.45, 7) is 5.63. The number of aromatic nitrogens is 3. The van der Waals surface area contributed by atoms with Gasteiger partial charge in [-0.15, -0.1) is 0 Å². The smallest absolute Gasteiger partial charge is 0.334 e. The third-order valence-electron chi connectivity index (χ3n) is 4.10. The summed E-state index contributed by atoms with van der Waals surface area (Å²) in [4.78, 5) is 40.6. The highest BCUT2D eigenvalue weighted by Gasteiger charge is 2.21. The number of H-pyrrole nitrogens is 2. The van der Waals surface area contributed by atoms with Gasteiger partial charge in [0.15, 0.2) is 5.75 Å². The highest BCUT2D eigenvalue weighted by Crippen LogP contribution is 2.28. The summed E-state index contributed by atoms with van der Waals surface area (Å²) in [5.41, 5.74) is -1.28. The standard InChI is InChI=1S/C17H16FN3O4/c1-7(2)9-6-4-5-8(3)12(9)21-14-10(15(23)20-17(21)25)13(22)11(18)16(24)19-14/h4-7H,1-3H3,(H2,19,22,24)(H,20,23,25). The fourth-order valence-corrected chi connectivity index (χ4v) is 2.92. The first-order valence-corrected chi connectivity index (χ1v) is 7.63. The number of nitrogens with zero attached hydrogens (tertiary/aromatic N) is 1. The molecule has 3 rings (SSSR count). The van der Waals surface area contributed by atoms with Crippen LogP contribution in [0.1, 0.15) is 30.9 Å². The maximum absolute atomic E-state index is 13.7. The molecule has 7 nitrogen and oxygen atoms in total. The first-order chi connectivity index (χ1) is 11.7. The van der Waals surface area contributed by atoms with Crippen molar-refractivity contribution >= 4 is 11.0 Å². The third kappa shape index (κ3) is 2.46. The summed E-state index contributed by atoms with van der Waals surface area (Å²) in [6.07, 6.45) is 0. The van der Waals surface area contributed by atoms with E-state index in [0.29, 0.717) is 11.3 Å². The molecular formula is C17H16FN3O4. The number of aromatic hydroxyl groups is 1. The molecule has 0 saturated heterocycles. The number of fused-ring (bicyclic) bond motifs is 1. The maximum atomic E-state index is 13.7. The zero-order valence-corrected chi connectivity index (χ0v) is 13.8. The molecule has 25 heavy (non-hydrogen) atoms.